The fraction of sp³-hybridized carbons (Fsp3) is 0.158. The molecule has 1 heterocycles. The van der Waals surface area contributed by atoms with Gasteiger partial charge in [0.15, 0.2) is 6.10 Å². The van der Waals surface area contributed by atoms with E-state index in [1.165, 1.54) is 6.08 Å². The molecule has 0 bridgehead atoms. The lowest BCUT2D eigenvalue weighted by Crippen LogP contribution is -2.26. The molecule has 0 aliphatic carbocycles. The smallest absolute Gasteiger partial charge is 0.414 e. The molecule has 2 aromatic rings. The Morgan fingerprint density at radius 2 is 1.92 bits per heavy atom. The highest BCUT2D eigenvalue weighted by molar-refractivity contribution is 5.89. The molecule has 6 heteroatoms. The normalized spacial score (nSPS) is 16.9. The summed E-state index contributed by atoms with van der Waals surface area (Å²) in [6.45, 7) is 0.682. The van der Waals surface area contributed by atoms with Crippen LogP contribution in [0.15, 0.2) is 60.7 Å². The molecule has 1 N–H and O–H groups in total. The van der Waals surface area contributed by atoms with Crippen LogP contribution in [0.25, 0.3) is 6.08 Å². The first-order valence-corrected chi connectivity index (χ1v) is 7.79. The molecule has 1 aliphatic heterocycles. The van der Waals surface area contributed by atoms with Gasteiger partial charge < -0.3 is 14.6 Å². The Hall–Kier alpha value is -3.28. The maximum atomic E-state index is 12.0. The fourth-order valence-electron chi connectivity index (χ4n) is 2.46. The van der Waals surface area contributed by atoms with Crippen LogP contribution in [0.1, 0.15) is 5.56 Å². The van der Waals surface area contributed by atoms with Gasteiger partial charge in [-0.25, -0.2) is 9.59 Å². The number of benzene rings is 2. The van der Waals surface area contributed by atoms with Crippen LogP contribution in [0.4, 0.5) is 10.5 Å². The molecule has 25 heavy (non-hydrogen) atoms. The molecule has 1 amide bonds. The lowest BCUT2D eigenvalue weighted by Gasteiger charge is -2.13. The average Bonchev–Trinajstić information content (AvgIpc) is 3.00. The summed E-state index contributed by atoms with van der Waals surface area (Å²) in [7, 11) is 0. The summed E-state index contributed by atoms with van der Waals surface area (Å²) in [5.41, 5.74) is 1.56. The second-order valence-electron chi connectivity index (χ2n) is 5.50. The number of carbonyl (C=O) groups is 2. The topological polar surface area (TPSA) is 76.1 Å². The van der Waals surface area contributed by atoms with Gasteiger partial charge in [0, 0.05) is 11.8 Å². The van der Waals surface area contributed by atoms with Crippen LogP contribution in [0.2, 0.25) is 0 Å². The zero-order chi connectivity index (χ0) is 17.6. The van der Waals surface area contributed by atoms with Gasteiger partial charge in [0.05, 0.1) is 6.54 Å². The first-order valence-electron chi connectivity index (χ1n) is 7.79. The number of cyclic esters (lactones) is 1. The molecular formula is C19H17NO5. The zero-order valence-electron chi connectivity index (χ0n) is 13.4. The van der Waals surface area contributed by atoms with Gasteiger partial charge in [0.2, 0.25) is 0 Å². The first kappa shape index (κ1) is 16.6. The third-order valence-corrected chi connectivity index (χ3v) is 3.68. The number of carbonyl (C=O) groups excluding carboxylic acids is 1. The first-order chi connectivity index (χ1) is 12.1. The van der Waals surface area contributed by atoms with Crippen molar-refractivity contribution in [3.8, 4) is 5.75 Å². The van der Waals surface area contributed by atoms with Gasteiger partial charge in [-0.15, -0.1) is 0 Å². The molecule has 6 nitrogen and oxygen atoms in total. The molecule has 1 saturated heterocycles. The largest absolute Gasteiger partial charge is 0.490 e. The number of aliphatic carboxylic acids is 1. The summed E-state index contributed by atoms with van der Waals surface area (Å²) in [5.74, 6) is -0.368. The fourth-order valence-corrected chi connectivity index (χ4v) is 2.46. The van der Waals surface area contributed by atoms with Crippen molar-refractivity contribution in [1.29, 1.82) is 0 Å². The van der Waals surface area contributed by atoms with E-state index < -0.39 is 5.97 Å². The van der Waals surface area contributed by atoms with E-state index in [9.17, 15) is 9.59 Å². The van der Waals surface area contributed by atoms with E-state index in [0.29, 0.717) is 12.3 Å². The Labute approximate surface area is 144 Å². The Bertz CT molecular complexity index is 770. The summed E-state index contributed by atoms with van der Waals surface area (Å²) < 4.78 is 11.0. The van der Waals surface area contributed by atoms with Gasteiger partial charge in [-0.05, 0) is 35.9 Å². The average molecular weight is 339 g/mol. The number of hydrogen-bond acceptors (Lipinski definition) is 4. The molecule has 2 aromatic carbocycles. The van der Waals surface area contributed by atoms with Crippen molar-refractivity contribution < 1.29 is 24.2 Å². The maximum absolute atomic E-state index is 12.0. The predicted molar refractivity (Wildman–Crippen MR) is 92.7 cm³/mol. The molecule has 0 radical (unpaired) electrons. The molecule has 1 aliphatic rings. The number of nitrogens with zero attached hydrogens (tertiary/aromatic N) is 1. The molecule has 3 rings (SSSR count). The zero-order valence-corrected chi connectivity index (χ0v) is 13.4. The second-order valence-corrected chi connectivity index (χ2v) is 5.50. The Morgan fingerprint density at radius 1 is 1.20 bits per heavy atom. The lowest BCUT2D eigenvalue weighted by atomic mass is 10.2. The van der Waals surface area contributed by atoms with E-state index in [4.69, 9.17) is 14.6 Å². The van der Waals surface area contributed by atoms with Crippen LogP contribution in [-0.2, 0) is 9.53 Å². The van der Waals surface area contributed by atoms with Crippen molar-refractivity contribution in [2.24, 2.45) is 0 Å². The minimum absolute atomic E-state index is 0.249. The molecule has 128 valence electrons. The van der Waals surface area contributed by atoms with Crippen LogP contribution in [0.5, 0.6) is 5.75 Å². The Balaban J connectivity index is 1.54. The van der Waals surface area contributed by atoms with Crippen LogP contribution < -0.4 is 9.64 Å². The SMILES string of the molecule is O=C(O)/C=C/c1ccc(OCC2CN(c3ccccc3)C(=O)O2)cc1. The highest BCUT2D eigenvalue weighted by Gasteiger charge is 2.32. The molecule has 0 saturated carbocycles. The highest BCUT2D eigenvalue weighted by atomic mass is 16.6. The van der Waals surface area contributed by atoms with E-state index in [2.05, 4.69) is 0 Å². The second kappa shape index (κ2) is 7.53. The van der Waals surface area contributed by atoms with E-state index in [-0.39, 0.29) is 18.8 Å². The van der Waals surface area contributed by atoms with Gasteiger partial charge in [0.25, 0.3) is 0 Å². The van der Waals surface area contributed by atoms with Crippen LogP contribution in [-0.4, -0.2) is 36.4 Å². The predicted octanol–water partition coefficient (Wildman–Crippen LogP) is 3.19. The third kappa shape index (κ3) is 4.38. The molecule has 1 atom stereocenters. The van der Waals surface area contributed by atoms with Gasteiger partial charge in [-0.2, -0.15) is 0 Å². The van der Waals surface area contributed by atoms with Crippen LogP contribution >= 0.6 is 0 Å². The Kier molecular flexibility index (Phi) is 4.99. The third-order valence-electron chi connectivity index (χ3n) is 3.68. The summed E-state index contributed by atoms with van der Waals surface area (Å²) in [6, 6.07) is 16.3. The number of anilines is 1. The van der Waals surface area contributed by atoms with Crippen molar-refractivity contribution in [2.45, 2.75) is 6.10 Å². The number of ether oxygens (including phenoxy) is 2. The van der Waals surface area contributed by atoms with Gasteiger partial charge in [0.1, 0.15) is 12.4 Å². The summed E-state index contributed by atoms with van der Waals surface area (Å²) in [4.78, 5) is 24.0. The van der Waals surface area contributed by atoms with Crippen LogP contribution in [0, 0.1) is 0 Å². The van der Waals surface area contributed by atoms with Crippen LogP contribution in [0.3, 0.4) is 0 Å². The minimum Gasteiger partial charge on any atom is -0.490 e. The van der Waals surface area contributed by atoms with Gasteiger partial charge in [-0.1, -0.05) is 30.3 Å². The summed E-state index contributed by atoms with van der Waals surface area (Å²) >= 11 is 0. The minimum atomic E-state index is -0.994. The van der Waals surface area contributed by atoms with Crippen molar-refractivity contribution in [3.05, 3.63) is 66.2 Å². The maximum Gasteiger partial charge on any atom is 0.414 e. The standard InChI is InChI=1S/C19H17NO5/c21-18(22)11-8-14-6-9-16(10-7-14)24-13-17-12-20(19(23)25-17)15-4-2-1-3-5-15/h1-11,17H,12-13H2,(H,21,22)/b11-8+. The number of amides is 1. The van der Waals surface area contributed by atoms with E-state index in [1.807, 2.05) is 30.3 Å². The molecule has 0 aromatic heterocycles. The molecule has 0 spiro atoms. The molecular weight excluding hydrogens is 322 g/mol. The van der Waals surface area contributed by atoms with Crippen molar-refractivity contribution in [3.63, 3.8) is 0 Å². The summed E-state index contributed by atoms with van der Waals surface area (Å²) in [6.07, 6.45) is 1.85. The van der Waals surface area contributed by atoms with E-state index in [0.717, 1.165) is 17.3 Å². The number of carboxylic acids is 1. The van der Waals surface area contributed by atoms with Crippen molar-refractivity contribution in [1.82, 2.24) is 0 Å². The summed E-state index contributed by atoms with van der Waals surface area (Å²) in [5, 5.41) is 8.60. The number of carboxylic acid groups (broad SMARTS) is 1. The highest BCUT2D eigenvalue weighted by Crippen LogP contribution is 2.22. The van der Waals surface area contributed by atoms with Gasteiger partial charge in [-0.3, -0.25) is 4.90 Å². The number of hydrogen-bond donors (Lipinski definition) is 1. The lowest BCUT2D eigenvalue weighted by molar-refractivity contribution is -0.131. The van der Waals surface area contributed by atoms with Crippen molar-refractivity contribution >= 4 is 23.8 Å². The molecule has 1 unspecified atom stereocenters. The quantitative estimate of drug-likeness (QED) is 0.818. The monoisotopic (exact) mass is 339 g/mol. The van der Waals surface area contributed by atoms with Crippen molar-refractivity contribution in [2.75, 3.05) is 18.1 Å². The molecule has 1 fully saturated rings. The van der Waals surface area contributed by atoms with E-state index >= 15 is 0 Å². The van der Waals surface area contributed by atoms with E-state index in [1.54, 1.807) is 29.2 Å². The number of rotatable bonds is 6. The van der Waals surface area contributed by atoms with Gasteiger partial charge >= 0.3 is 12.1 Å². The number of para-hydroxylation sites is 1. The Morgan fingerprint density at radius 3 is 2.60 bits per heavy atom.